The summed E-state index contributed by atoms with van der Waals surface area (Å²) in [5.41, 5.74) is 2.46. The number of aliphatic hydroxyl groups is 1. The highest BCUT2D eigenvalue weighted by atomic mass is 16.2. The minimum absolute atomic E-state index is 0.267. The number of fused-ring (bicyclic) bond motifs is 1. The Labute approximate surface area is 77.2 Å². The van der Waals surface area contributed by atoms with E-state index in [0.717, 1.165) is 12.8 Å². The predicted octanol–water partition coefficient (Wildman–Crippen LogP) is 2.09. The van der Waals surface area contributed by atoms with Crippen molar-refractivity contribution < 1.29 is 5.11 Å². The molecule has 1 aromatic carbocycles. The van der Waals surface area contributed by atoms with E-state index in [2.05, 4.69) is 29.2 Å². The molecule has 13 heavy (non-hydrogen) atoms. The van der Waals surface area contributed by atoms with E-state index in [9.17, 15) is 0 Å². The van der Waals surface area contributed by atoms with Gasteiger partial charge in [-0.15, -0.1) is 0 Å². The second kappa shape index (κ2) is 3.62. The van der Waals surface area contributed by atoms with E-state index in [0.29, 0.717) is 0 Å². The topological polar surface area (TPSA) is 36.0 Å². The Morgan fingerprint density at radius 2 is 2.15 bits per heavy atom. The average Bonchev–Trinajstić information content (AvgIpc) is 2.61. The average molecular weight is 175 g/mol. The minimum Gasteiger partial charge on any atom is -0.396 e. The van der Waals surface area contributed by atoms with Crippen molar-refractivity contribution in [1.29, 1.82) is 0 Å². The van der Waals surface area contributed by atoms with Gasteiger partial charge in [0.05, 0.1) is 0 Å². The van der Waals surface area contributed by atoms with Gasteiger partial charge in [0, 0.05) is 18.3 Å². The van der Waals surface area contributed by atoms with E-state index >= 15 is 0 Å². The molecule has 0 radical (unpaired) electrons. The molecular formula is C11H13NO. The van der Waals surface area contributed by atoms with E-state index in [1.165, 1.54) is 16.5 Å². The van der Waals surface area contributed by atoms with Gasteiger partial charge in [0.15, 0.2) is 0 Å². The molecule has 0 aliphatic rings. The van der Waals surface area contributed by atoms with Gasteiger partial charge < -0.3 is 10.1 Å². The molecule has 0 atom stereocenters. The Balaban J connectivity index is 2.26. The van der Waals surface area contributed by atoms with Crippen molar-refractivity contribution >= 4 is 10.9 Å². The predicted molar refractivity (Wildman–Crippen MR) is 53.7 cm³/mol. The molecule has 0 unspecified atom stereocenters. The van der Waals surface area contributed by atoms with Gasteiger partial charge in [0.2, 0.25) is 0 Å². The molecule has 2 aromatic rings. The van der Waals surface area contributed by atoms with Crippen LogP contribution in [0, 0.1) is 0 Å². The van der Waals surface area contributed by atoms with Crippen molar-refractivity contribution in [3.05, 3.63) is 36.0 Å². The summed E-state index contributed by atoms with van der Waals surface area (Å²) in [4.78, 5) is 3.17. The zero-order chi connectivity index (χ0) is 9.10. The van der Waals surface area contributed by atoms with Gasteiger partial charge >= 0.3 is 0 Å². The van der Waals surface area contributed by atoms with Crippen molar-refractivity contribution in [2.24, 2.45) is 0 Å². The van der Waals surface area contributed by atoms with Crippen LogP contribution in [-0.2, 0) is 6.42 Å². The molecule has 0 saturated carbocycles. The van der Waals surface area contributed by atoms with Crippen LogP contribution in [-0.4, -0.2) is 16.7 Å². The number of hydrogen-bond acceptors (Lipinski definition) is 1. The number of aromatic amines is 1. The van der Waals surface area contributed by atoms with Gasteiger partial charge in [-0.05, 0) is 35.9 Å². The fraction of sp³-hybridized carbons (Fsp3) is 0.273. The van der Waals surface area contributed by atoms with Crippen molar-refractivity contribution in [2.75, 3.05) is 6.61 Å². The molecule has 0 amide bonds. The maximum absolute atomic E-state index is 8.69. The minimum atomic E-state index is 0.267. The highest BCUT2D eigenvalue weighted by molar-refractivity contribution is 5.79. The lowest BCUT2D eigenvalue weighted by atomic mass is 10.1. The van der Waals surface area contributed by atoms with E-state index in [1.807, 2.05) is 6.20 Å². The second-order valence-corrected chi connectivity index (χ2v) is 3.23. The molecule has 0 fully saturated rings. The first-order chi connectivity index (χ1) is 6.40. The second-order valence-electron chi connectivity index (χ2n) is 3.23. The third-order valence-electron chi connectivity index (χ3n) is 2.24. The van der Waals surface area contributed by atoms with Gasteiger partial charge in [-0.3, -0.25) is 0 Å². The van der Waals surface area contributed by atoms with E-state index in [1.54, 1.807) is 0 Å². The third-order valence-corrected chi connectivity index (χ3v) is 2.24. The number of H-pyrrole nitrogens is 1. The third kappa shape index (κ3) is 1.73. The number of aliphatic hydroxyl groups excluding tert-OH is 1. The van der Waals surface area contributed by atoms with Crippen molar-refractivity contribution in [2.45, 2.75) is 12.8 Å². The zero-order valence-electron chi connectivity index (χ0n) is 7.46. The number of aryl methyl sites for hydroxylation is 1. The van der Waals surface area contributed by atoms with Crippen LogP contribution < -0.4 is 0 Å². The summed E-state index contributed by atoms with van der Waals surface area (Å²) in [5.74, 6) is 0. The molecule has 0 bridgehead atoms. The Bertz CT molecular complexity index is 392. The van der Waals surface area contributed by atoms with Gasteiger partial charge in [0.25, 0.3) is 0 Å². The van der Waals surface area contributed by atoms with Crippen molar-refractivity contribution in [1.82, 2.24) is 4.98 Å². The Kier molecular flexibility index (Phi) is 2.32. The molecule has 2 rings (SSSR count). The van der Waals surface area contributed by atoms with Crippen molar-refractivity contribution in [3.8, 4) is 0 Å². The smallest absolute Gasteiger partial charge is 0.0456 e. The van der Waals surface area contributed by atoms with Crippen LogP contribution in [0.2, 0.25) is 0 Å². The summed E-state index contributed by atoms with van der Waals surface area (Å²) in [6.45, 7) is 0.267. The van der Waals surface area contributed by atoms with Crippen LogP contribution in [0.25, 0.3) is 10.9 Å². The standard InChI is InChI=1S/C11H13NO/c13-7-1-2-9-3-4-10-5-6-12-11(10)8-9/h3-6,8,12-13H,1-2,7H2. The van der Waals surface area contributed by atoms with Gasteiger partial charge in [0.1, 0.15) is 0 Å². The Morgan fingerprint density at radius 3 is 3.00 bits per heavy atom. The molecule has 0 saturated heterocycles. The van der Waals surface area contributed by atoms with Gasteiger partial charge in [-0.1, -0.05) is 12.1 Å². The van der Waals surface area contributed by atoms with Gasteiger partial charge in [-0.25, -0.2) is 0 Å². The first-order valence-corrected chi connectivity index (χ1v) is 4.57. The molecule has 2 N–H and O–H groups in total. The fourth-order valence-corrected chi connectivity index (χ4v) is 1.53. The summed E-state index contributed by atoms with van der Waals surface area (Å²) in [7, 11) is 0. The summed E-state index contributed by atoms with van der Waals surface area (Å²) >= 11 is 0. The molecule has 2 nitrogen and oxygen atoms in total. The van der Waals surface area contributed by atoms with Crippen LogP contribution in [0.15, 0.2) is 30.5 Å². The number of aromatic nitrogens is 1. The molecule has 0 aliphatic carbocycles. The molecule has 68 valence electrons. The van der Waals surface area contributed by atoms with E-state index in [-0.39, 0.29) is 6.61 Å². The fourth-order valence-electron chi connectivity index (χ4n) is 1.53. The van der Waals surface area contributed by atoms with E-state index < -0.39 is 0 Å². The highest BCUT2D eigenvalue weighted by Gasteiger charge is 1.96. The Morgan fingerprint density at radius 1 is 1.23 bits per heavy atom. The molecule has 1 aromatic heterocycles. The quantitative estimate of drug-likeness (QED) is 0.736. The highest BCUT2D eigenvalue weighted by Crippen LogP contribution is 2.14. The maximum Gasteiger partial charge on any atom is 0.0456 e. The summed E-state index contributed by atoms with van der Waals surface area (Å²) in [6.07, 6.45) is 3.73. The molecular weight excluding hydrogens is 162 g/mol. The monoisotopic (exact) mass is 175 g/mol. The normalized spacial score (nSPS) is 10.8. The van der Waals surface area contributed by atoms with Crippen LogP contribution in [0.3, 0.4) is 0 Å². The van der Waals surface area contributed by atoms with Crippen molar-refractivity contribution in [3.63, 3.8) is 0 Å². The number of rotatable bonds is 3. The van der Waals surface area contributed by atoms with E-state index in [4.69, 9.17) is 5.11 Å². The summed E-state index contributed by atoms with van der Waals surface area (Å²) in [6, 6.07) is 8.43. The Hall–Kier alpha value is -1.28. The lowest BCUT2D eigenvalue weighted by molar-refractivity contribution is 0.288. The van der Waals surface area contributed by atoms with Crippen LogP contribution in [0.1, 0.15) is 12.0 Å². The molecule has 0 spiro atoms. The number of benzene rings is 1. The zero-order valence-corrected chi connectivity index (χ0v) is 7.46. The molecule has 0 aliphatic heterocycles. The summed E-state index contributed by atoms with van der Waals surface area (Å²) in [5, 5.41) is 9.94. The molecule has 2 heteroatoms. The number of nitrogens with one attached hydrogen (secondary N) is 1. The lowest BCUT2D eigenvalue weighted by Crippen LogP contribution is -1.88. The van der Waals surface area contributed by atoms with Crippen LogP contribution >= 0.6 is 0 Å². The van der Waals surface area contributed by atoms with Crippen LogP contribution in [0.4, 0.5) is 0 Å². The summed E-state index contributed by atoms with van der Waals surface area (Å²) < 4.78 is 0. The number of hydrogen-bond donors (Lipinski definition) is 2. The first kappa shape index (κ1) is 8.32. The van der Waals surface area contributed by atoms with Crippen LogP contribution in [0.5, 0.6) is 0 Å². The SMILES string of the molecule is OCCCc1ccc2cc[nH]c2c1. The maximum atomic E-state index is 8.69. The first-order valence-electron chi connectivity index (χ1n) is 4.57. The largest absolute Gasteiger partial charge is 0.396 e. The van der Waals surface area contributed by atoms with Gasteiger partial charge in [-0.2, -0.15) is 0 Å². The molecule has 1 heterocycles. The lowest BCUT2D eigenvalue weighted by Gasteiger charge is -1.99.